The molecule has 0 atom stereocenters. The van der Waals surface area contributed by atoms with Crippen LogP contribution in [0.4, 0.5) is 0 Å². The topological polar surface area (TPSA) is 67.9 Å². The Morgan fingerprint density at radius 1 is 0.909 bits per heavy atom. The molecule has 8 heteroatoms. The van der Waals surface area contributed by atoms with E-state index in [4.69, 9.17) is 21.7 Å². The number of hydrogen-bond acceptors (Lipinski definition) is 6. The lowest BCUT2D eigenvalue weighted by molar-refractivity contribution is -0.123. The number of rotatable bonds is 8. The first-order valence-electron chi connectivity index (χ1n) is 10.1. The second kappa shape index (κ2) is 10.8. The van der Waals surface area contributed by atoms with Crippen LogP contribution in [0.3, 0.4) is 0 Å². The highest BCUT2D eigenvalue weighted by Gasteiger charge is 2.33. The maximum atomic E-state index is 12.8. The number of benzene rings is 3. The van der Waals surface area contributed by atoms with Gasteiger partial charge in [-0.15, -0.1) is 0 Å². The Kier molecular flexibility index (Phi) is 7.39. The van der Waals surface area contributed by atoms with Crippen molar-refractivity contribution in [2.45, 2.75) is 0 Å². The first-order chi connectivity index (χ1) is 16.1. The minimum Gasteiger partial charge on any atom is -0.490 e. The van der Waals surface area contributed by atoms with Crippen molar-refractivity contribution >= 4 is 46.2 Å². The molecule has 0 spiro atoms. The molecule has 1 heterocycles. The van der Waals surface area contributed by atoms with Crippen LogP contribution in [0, 0.1) is 0 Å². The largest absolute Gasteiger partial charge is 0.490 e. The molecule has 0 radical (unpaired) electrons. The molecule has 6 nitrogen and oxygen atoms in total. The van der Waals surface area contributed by atoms with Gasteiger partial charge in [0.1, 0.15) is 24.7 Å². The van der Waals surface area contributed by atoms with Crippen LogP contribution in [0.15, 0.2) is 89.8 Å². The number of carbonyl (C=O) groups excluding carboxylic acids is 2. The predicted octanol–water partition coefficient (Wildman–Crippen LogP) is 4.69. The fourth-order valence-corrected chi connectivity index (χ4v) is 4.18. The monoisotopic (exact) mass is 476 g/mol. The summed E-state index contributed by atoms with van der Waals surface area (Å²) >= 11 is 6.42. The summed E-state index contributed by atoms with van der Waals surface area (Å²) in [5.41, 5.74) is 3.80. The number of amides is 2. The normalized spacial score (nSPS) is 14.4. The van der Waals surface area contributed by atoms with Crippen molar-refractivity contribution in [3.05, 3.63) is 101 Å². The van der Waals surface area contributed by atoms with E-state index in [-0.39, 0.29) is 10.2 Å². The first-order valence-corrected chi connectivity index (χ1v) is 11.4. The second-order valence-electron chi connectivity index (χ2n) is 6.91. The van der Waals surface area contributed by atoms with Crippen LogP contribution < -0.4 is 14.9 Å². The summed E-state index contributed by atoms with van der Waals surface area (Å²) < 4.78 is 11.7. The second-order valence-corrected chi connectivity index (χ2v) is 8.58. The van der Waals surface area contributed by atoms with Gasteiger partial charge in [-0.1, -0.05) is 60.3 Å². The zero-order valence-corrected chi connectivity index (χ0v) is 19.1. The quantitative estimate of drug-likeness (QED) is 0.289. The van der Waals surface area contributed by atoms with Crippen LogP contribution >= 0.6 is 24.0 Å². The number of ether oxygens (including phenoxy) is 2. The Morgan fingerprint density at radius 3 is 2.27 bits per heavy atom. The summed E-state index contributed by atoms with van der Waals surface area (Å²) in [4.78, 5) is 25.6. The Balaban J connectivity index is 1.36. The van der Waals surface area contributed by atoms with Crippen LogP contribution in [0.2, 0.25) is 0 Å². The molecule has 33 heavy (non-hydrogen) atoms. The Labute approximate surface area is 201 Å². The number of thiocarbonyl (C=S) groups is 1. The van der Waals surface area contributed by atoms with Gasteiger partial charge in [0.25, 0.3) is 11.8 Å². The smallest absolute Gasteiger partial charge is 0.285 e. The molecule has 1 fully saturated rings. The van der Waals surface area contributed by atoms with Crippen molar-refractivity contribution in [2.24, 2.45) is 0 Å². The molecule has 1 N–H and O–H groups in total. The molecule has 1 aliphatic heterocycles. The molecule has 0 unspecified atom stereocenters. The van der Waals surface area contributed by atoms with Crippen molar-refractivity contribution in [1.29, 1.82) is 0 Å². The highest BCUT2D eigenvalue weighted by atomic mass is 32.2. The van der Waals surface area contributed by atoms with Crippen LogP contribution in [-0.4, -0.2) is 34.4 Å². The van der Waals surface area contributed by atoms with Gasteiger partial charge in [-0.05, 0) is 60.3 Å². The fraction of sp³-hybridized carbons (Fsp3) is 0.0800. The molecule has 1 saturated heterocycles. The van der Waals surface area contributed by atoms with Crippen molar-refractivity contribution in [1.82, 2.24) is 10.4 Å². The third-order valence-corrected chi connectivity index (χ3v) is 5.87. The summed E-state index contributed by atoms with van der Waals surface area (Å²) in [7, 11) is 0. The Bertz CT molecular complexity index is 1180. The molecule has 0 bridgehead atoms. The highest BCUT2D eigenvalue weighted by Crippen LogP contribution is 2.32. The van der Waals surface area contributed by atoms with E-state index in [1.807, 2.05) is 60.7 Å². The third kappa shape index (κ3) is 6.00. The minimum atomic E-state index is -0.402. The number of nitrogens with one attached hydrogen (secondary N) is 1. The highest BCUT2D eigenvalue weighted by molar-refractivity contribution is 8.26. The van der Waals surface area contributed by atoms with Crippen molar-refractivity contribution in [3.8, 4) is 11.5 Å². The van der Waals surface area contributed by atoms with Gasteiger partial charge in [-0.2, -0.15) is 5.01 Å². The van der Waals surface area contributed by atoms with E-state index in [1.54, 1.807) is 30.3 Å². The SMILES string of the molecule is O=C(NN1C(=O)/C(=C/c2cccc(OCCOc3ccccc3)c2)SC1=S)c1ccccc1. The molecule has 4 rings (SSSR count). The fourth-order valence-electron chi connectivity index (χ4n) is 3.00. The van der Waals surface area contributed by atoms with Crippen LogP contribution in [0.25, 0.3) is 6.08 Å². The van der Waals surface area contributed by atoms with Crippen LogP contribution in [-0.2, 0) is 4.79 Å². The van der Waals surface area contributed by atoms with Gasteiger partial charge in [0.2, 0.25) is 0 Å². The molecule has 1 aliphatic rings. The van der Waals surface area contributed by atoms with Gasteiger partial charge in [0, 0.05) is 5.56 Å². The van der Waals surface area contributed by atoms with Crippen LogP contribution in [0.1, 0.15) is 15.9 Å². The van der Waals surface area contributed by atoms with E-state index in [9.17, 15) is 9.59 Å². The maximum Gasteiger partial charge on any atom is 0.285 e. The number of thioether (sulfide) groups is 1. The zero-order chi connectivity index (χ0) is 23.0. The lowest BCUT2D eigenvalue weighted by Gasteiger charge is -2.15. The summed E-state index contributed by atoms with van der Waals surface area (Å²) in [6.07, 6.45) is 1.72. The molecule has 0 saturated carbocycles. The summed E-state index contributed by atoms with van der Waals surface area (Å²) in [5, 5.41) is 1.10. The van der Waals surface area contributed by atoms with Crippen molar-refractivity contribution in [2.75, 3.05) is 13.2 Å². The average molecular weight is 477 g/mol. The summed E-state index contributed by atoms with van der Waals surface area (Å²) in [6.45, 7) is 0.792. The number of nitrogens with zero attached hydrogens (tertiary/aromatic N) is 1. The number of carbonyl (C=O) groups is 2. The maximum absolute atomic E-state index is 12.8. The van der Waals surface area contributed by atoms with E-state index >= 15 is 0 Å². The average Bonchev–Trinajstić information content (AvgIpc) is 3.10. The van der Waals surface area contributed by atoms with E-state index in [2.05, 4.69) is 5.43 Å². The van der Waals surface area contributed by atoms with E-state index in [0.29, 0.717) is 29.4 Å². The Morgan fingerprint density at radius 2 is 1.55 bits per heavy atom. The number of hydrazine groups is 1. The molecule has 0 aliphatic carbocycles. The Hall–Kier alpha value is -3.62. The van der Waals surface area contributed by atoms with Gasteiger partial charge < -0.3 is 9.47 Å². The molecule has 0 aromatic heterocycles. The van der Waals surface area contributed by atoms with E-state index < -0.39 is 5.91 Å². The summed E-state index contributed by atoms with van der Waals surface area (Å²) in [5.74, 6) is 0.669. The van der Waals surface area contributed by atoms with Gasteiger partial charge in [-0.25, -0.2) is 0 Å². The first kappa shape index (κ1) is 22.6. The van der Waals surface area contributed by atoms with Gasteiger partial charge >= 0.3 is 0 Å². The number of hydrogen-bond donors (Lipinski definition) is 1. The molecule has 3 aromatic rings. The molecular formula is C25H20N2O4S2. The minimum absolute atomic E-state index is 0.265. The van der Waals surface area contributed by atoms with Crippen LogP contribution in [0.5, 0.6) is 11.5 Å². The van der Waals surface area contributed by atoms with Gasteiger partial charge in [0.05, 0.1) is 4.91 Å². The predicted molar refractivity (Wildman–Crippen MR) is 133 cm³/mol. The molecular weight excluding hydrogens is 456 g/mol. The summed E-state index contributed by atoms with van der Waals surface area (Å²) in [6, 6.07) is 25.6. The van der Waals surface area contributed by atoms with E-state index in [1.165, 1.54) is 0 Å². The molecule has 2 amide bonds. The van der Waals surface area contributed by atoms with Gasteiger partial charge in [-0.3, -0.25) is 15.0 Å². The van der Waals surface area contributed by atoms with Crippen molar-refractivity contribution < 1.29 is 19.1 Å². The third-order valence-electron chi connectivity index (χ3n) is 4.56. The standard InChI is InChI=1S/C25H20N2O4S2/c28-23(19-9-3-1-4-10-19)26-27-24(29)22(33-25(27)32)17-18-8-7-13-21(16-18)31-15-14-30-20-11-5-2-6-12-20/h1-13,16-17H,14-15H2,(H,26,28)/b22-17-. The lowest BCUT2D eigenvalue weighted by Crippen LogP contribution is -2.44. The zero-order valence-electron chi connectivity index (χ0n) is 17.5. The number of para-hydroxylation sites is 1. The molecule has 3 aromatic carbocycles. The van der Waals surface area contributed by atoms with E-state index in [0.717, 1.165) is 28.1 Å². The lowest BCUT2D eigenvalue weighted by atomic mass is 10.2. The molecule has 166 valence electrons. The van der Waals surface area contributed by atoms with Gasteiger partial charge in [0.15, 0.2) is 4.32 Å². The van der Waals surface area contributed by atoms with Crippen molar-refractivity contribution in [3.63, 3.8) is 0 Å².